The Morgan fingerprint density at radius 2 is 1.95 bits per heavy atom. The molecule has 0 unspecified atom stereocenters. The number of hydrogen-bond donors (Lipinski definition) is 0. The van der Waals surface area contributed by atoms with Gasteiger partial charge in [0, 0.05) is 25.7 Å². The van der Waals surface area contributed by atoms with Gasteiger partial charge >= 0.3 is 0 Å². The Kier molecular flexibility index (Phi) is 6.99. The van der Waals surface area contributed by atoms with Crippen LogP contribution in [0, 0.1) is 0 Å². The van der Waals surface area contributed by atoms with Crippen molar-refractivity contribution in [2.45, 2.75) is 31.6 Å². The molecular formula is C15H24N2O4S. The Morgan fingerprint density at radius 3 is 2.50 bits per heavy atom. The normalized spacial score (nSPS) is 11.7. The van der Waals surface area contributed by atoms with E-state index in [1.54, 1.807) is 17.0 Å². The first-order chi connectivity index (χ1) is 10.4. The van der Waals surface area contributed by atoms with Crippen molar-refractivity contribution < 1.29 is 18.0 Å². The maximum Gasteiger partial charge on any atom is 0.264 e. The summed E-state index contributed by atoms with van der Waals surface area (Å²) in [7, 11) is -1.17. The maximum absolute atomic E-state index is 12.5. The van der Waals surface area contributed by atoms with Crippen molar-refractivity contribution in [3.63, 3.8) is 0 Å². The molecule has 0 aliphatic carbocycles. The minimum atomic E-state index is -3.75. The van der Waals surface area contributed by atoms with Crippen LogP contribution in [0.1, 0.15) is 37.0 Å². The van der Waals surface area contributed by atoms with Gasteiger partial charge in [0.05, 0.1) is 12.0 Å². The van der Waals surface area contributed by atoms with E-state index in [-0.39, 0.29) is 10.8 Å². The van der Waals surface area contributed by atoms with E-state index in [0.29, 0.717) is 18.7 Å². The molecule has 7 heteroatoms. The molecule has 0 heterocycles. The van der Waals surface area contributed by atoms with E-state index < -0.39 is 10.0 Å². The number of carbonyl (C=O) groups is 1. The number of unbranched alkanes of at least 4 members (excludes halogenated alkanes) is 1. The van der Waals surface area contributed by atoms with Gasteiger partial charge in [-0.05, 0) is 31.5 Å². The van der Waals surface area contributed by atoms with Gasteiger partial charge in [0.15, 0.2) is 0 Å². The minimum absolute atomic E-state index is 0.0363. The third-order valence-electron chi connectivity index (χ3n) is 3.42. The monoisotopic (exact) mass is 328 g/mol. The smallest absolute Gasteiger partial charge is 0.264 e. The van der Waals surface area contributed by atoms with E-state index in [2.05, 4.69) is 6.92 Å². The molecule has 1 aromatic carbocycles. The molecule has 0 aliphatic heterocycles. The number of sulfonamides is 1. The second kappa shape index (κ2) is 8.26. The summed E-state index contributed by atoms with van der Waals surface area (Å²) in [6, 6.07) is 6.03. The van der Waals surface area contributed by atoms with Crippen molar-refractivity contribution >= 4 is 15.9 Å². The molecule has 1 aromatic rings. The van der Waals surface area contributed by atoms with E-state index in [4.69, 9.17) is 4.84 Å². The molecule has 0 saturated carbocycles. The highest BCUT2D eigenvalue weighted by molar-refractivity contribution is 7.89. The number of benzene rings is 1. The van der Waals surface area contributed by atoms with E-state index in [1.807, 2.05) is 6.92 Å². The summed E-state index contributed by atoms with van der Waals surface area (Å²) in [5, 5.41) is 0. The lowest BCUT2D eigenvalue weighted by Crippen LogP contribution is -2.32. The van der Waals surface area contributed by atoms with Crippen LogP contribution in [0.25, 0.3) is 0 Å². The summed E-state index contributed by atoms with van der Waals surface area (Å²) >= 11 is 0. The van der Waals surface area contributed by atoms with Crippen LogP contribution in [0.5, 0.6) is 0 Å². The van der Waals surface area contributed by atoms with Crippen molar-refractivity contribution in [3.05, 3.63) is 29.8 Å². The van der Waals surface area contributed by atoms with Gasteiger partial charge in [-0.2, -0.15) is 0 Å². The first-order valence-corrected chi connectivity index (χ1v) is 8.74. The lowest BCUT2D eigenvalue weighted by Gasteiger charge is -2.21. The van der Waals surface area contributed by atoms with Gasteiger partial charge in [0.1, 0.15) is 0 Å². The summed E-state index contributed by atoms with van der Waals surface area (Å²) < 4.78 is 25.2. The van der Waals surface area contributed by atoms with Crippen LogP contribution in [0.15, 0.2) is 29.2 Å². The standard InChI is InChI=1S/C15H24N2O4S/c1-5-7-11-17(6-2)15(18)13-9-8-10-14(12-13)22(19,20)16(3)21-4/h8-10,12H,5-7,11H2,1-4H3. The predicted octanol–water partition coefficient (Wildman–Crippen LogP) is 2.13. The van der Waals surface area contributed by atoms with Crippen LogP contribution >= 0.6 is 0 Å². The summed E-state index contributed by atoms with van der Waals surface area (Å²) in [5.74, 6) is -0.159. The summed E-state index contributed by atoms with van der Waals surface area (Å²) in [6.45, 7) is 5.23. The minimum Gasteiger partial charge on any atom is -0.339 e. The molecule has 0 atom stereocenters. The number of hydroxylamine groups is 1. The molecule has 1 amide bonds. The predicted molar refractivity (Wildman–Crippen MR) is 84.9 cm³/mol. The molecular weight excluding hydrogens is 304 g/mol. The van der Waals surface area contributed by atoms with Gasteiger partial charge in [-0.1, -0.05) is 23.9 Å². The first kappa shape index (κ1) is 18.6. The highest BCUT2D eigenvalue weighted by Crippen LogP contribution is 2.17. The third-order valence-corrected chi connectivity index (χ3v) is 5.10. The molecule has 22 heavy (non-hydrogen) atoms. The number of rotatable bonds is 8. The fraction of sp³-hybridized carbons (Fsp3) is 0.533. The molecule has 0 spiro atoms. The van der Waals surface area contributed by atoms with Gasteiger partial charge in [0.25, 0.3) is 15.9 Å². The average Bonchev–Trinajstić information content (AvgIpc) is 2.54. The second-order valence-electron chi connectivity index (χ2n) is 4.86. The van der Waals surface area contributed by atoms with Gasteiger partial charge in [0.2, 0.25) is 0 Å². The fourth-order valence-electron chi connectivity index (χ4n) is 1.97. The molecule has 0 aliphatic rings. The van der Waals surface area contributed by atoms with E-state index in [9.17, 15) is 13.2 Å². The lowest BCUT2D eigenvalue weighted by atomic mass is 10.2. The largest absolute Gasteiger partial charge is 0.339 e. The molecule has 0 saturated heterocycles. The van der Waals surface area contributed by atoms with Crippen molar-refractivity contribution in [1.29, 1.82) is 0 Å². The van der Waals surface area contributed by atoms with Crippen LogP contribution in [-0.4, -0.2) is 50.9 Å². The number of carbonyl (C=O) groups excluding carboxylic acids is 1. The fourth-order valence-corrected chi connectivity index (χ4v) is 2.99. The van der Waals surface area contributed by atoms with Crippen LogP contribution in [0.4, 0.5) is 0 Å². The van der Waals surface area contributed by atoms with Crippen LogP contribution in [-0.2, 0) is 14.9 Å². The first-order valence-electron chi connectivity index (χ1n) is 7.30. The topological polar surface area (TPSA) is 66.9 Å². The van der Waals surface area contributed by atoms with Crippen molar-refractivity contribution in [2.75, 3.05) is 27.2 Å². The van der Waals surface area contributed by atoms with Crippen LogP contribution < -0.4 is 0 Å². The Bertz CT molecular complexity index is 601. The Hall–Kier alpha value is -1.44. The van der Waals surface area contributed by atoms with Gasteiger partial charge in [-0.3, -0.25) is 9.63 Å². The van der Waals surface area contributed by atoms with E-state index in [1.165, 1.54) is 26.3 Å². The Balaban J connectivity index is 3.08. The van der Waals surface area contributed by atoms with Gasteiger partial charge in [-0.15, -0.1) is 0 Å². The van der Waals surface area contributed by atoms with Gasteiger partial charge < -0.3 is 4.90 Å². The number of hydrogen-bond acceptors (Lipinski definition) is 4. The molecule has 0 radical (unpaired) electrons. The quantitative estimate of drug-likeness (QED) is 0.686. The van der Waals surface area contributed by atoms with Crippen molar-refractivity contribution in [2.24, 2.45) is 0 Å². The number of nitrogens with zero attached hydrogens (tertiary/aromatic N) is 2. The summed E-state index contributed by atoms with van der Waals surface area (Å²) in [5.41, 5.74) is 0.364. The summed E-state index contributed by atoms with van der Waals surface area (Å²) in [6.07, 6.45) is 1.92. The molecule has 0 aromatic heterocycles. The second-order valence-corrected chi connectivity index (χ2v) is 6.80. The molecule has 1 rings (SSSR count). The zero-order valence-corrected chi connectivity index (χ0v) is 14.4. The van der Waals surface area contributed by atoms with Crippen molar-refractivity contribution in [1.82, 2.24) is 9.37 Å². The summed E-state index contributed by atoms with van der Waals surface area (Å²) in [4.78, 5) is 19.0. The highest BCUT2D eigenvalue weighted by Gasteiger charge is 2.22. The lowest BCUT2D eigenvalue weighted by molar-refractivity contribution is -0.0258. The maximum atomic E-state index is 12.5. The van der Waals surface area contributed by atoms with Crippen LogP contribution in [0.2, 0.25) is 0 Å². The Labute approximate surface area is 132 Å². The van der Waals surface area contributed by atoms with Crippen LogP contribution in [0.3, 0.4) is 0 Å². The SMILES string of the molecule is CCCCN(CC)C(=O)c1cccc(S(=O)(=O)N(C)OC)c1. The molecule has 6 nitrogen and oxygen atoms in total. The third kappa shape index (κ3) is 4.28. The van der Waals surface area contributed by atoms with Crippen molar-refractivity contribution in [3.8, 4) is 0 Å². The number of amides is 1. The average molecular weight is 328 g/mol. The zero-order valence-electron chi connectivity index (χ0n) is 13.6. The van der Waals surface area contributed by atoms with E-state index >= 15 is 0 Å². The molecule has 0 bridgehead atoms. The zero-order chi connectivity index (χ0) is 16.8. The molecule has 0 N–H and O–H groups in total. The molecule has 124 valence electrons. The van der Waals surface area contributed by atoms with E-state index in [0.717, 1.165) is 17.3 Å². The van der Waals surface area contributed by atoms with Gasteiger partial charge in [-0.25, -0.2) is 8.42 Å². The highest BCUT2D eigenvalue weighted by atomic mass is 32.2. The Morgan fingerprint density at radius 1 is 1.27 bits per heavy atom. The molecule has 0 fully saturated rings.